The fourth-order valence-corrected chi connectivity index (χ4v) is 1.65. The molecule has 0 fully saturated rings. The summed E-state index contributed by atoms with van der Waals surface area (Å²) in [5, 5.41) is 4.66. The monoisotopic (exact) mass is 224 g/mol. The Morgan fingerprint density at radius 2 is 2.07 bits per heavy atom. The Bertz CT molecular complexity index is 417. The minimum Gasteiger partial charge on any atom is -0.298 e. The van der Waals surface area contributed by atoms with Gasteiger partial charge in [-0.05, 0) is 13.8 Å². The molecule has 0 aliphatic carbocycles. The molecule has 0 radical (unpaired) electrons. The first kappa shape index (κ1) is 11.6. The molecule has 5 heteroatoms. The Morgan fingerprint density at radius 3 is 2.53 bits per heavy atom. The molecule has 4 nitrogen and oxygen atoms in total. The second kappa shape index (κ2) is 4.84. The Labute approximate surface area is 92.0 Å². The van der Waals surface area contributed by atoms with Gasteiger partial charge in [0.25, 0.3) is 0 Å². The lowest BCUT2D eigenvalue weighted by Gasteiger charge is -1.95. The quantitative estimate of drug-likeness (QED) is 0.632. The predicted octanol–water partition coefficient (Wildman–Crippen LogP) is 2.25. The van der Waals surface area contributed by atoms with Crippen molar-refractivity contribution in [2.45, 2.75) is 20.8 Å². The predicted molar refractivity (Wildman–Crippen MR) is 60.2 cm³/mol. The lowest BCUT2D eigenvalue weighted by Crippen LogP contribution is -2.08. The van der Waals surface area contributed by atoms with E-state index in [0.29, 0.717) is 10.8 Å². The number of carbonyl (C=O) groups excluding carboxylic acids is 2. The third-order valence-electron chi connectivity index (χ3n) is 1.51. The molecule has 0 spiro atoms. The van der Waals surface area contributed by atoms with Crippen LogP contribution in [0, 0.1) is 0 Å². The molecule has 0 saturated carbocycles. The standard InChI is InChI=1S/C10H12N2O2S/c1-6(2)4-9(14)12-10-11-8(5-15-10)7(3)13/h4-5H,1-3H3,(H,11,12,14). The normalized spacial score (nSPS) is 9.53. The van der Waals surface area contributed by atoms with E-state index in [4.69, 9.17) is 0 Å². The zero-order valence-corrected chi connectivity index (χ0v) is 9.64. The maximum absolute atomic E-state index is 11.3. The number of anilines is 1. The molecule has 0 aliphatic heterocycles. The van der Waals surface area contributed by atoms with E-state index >= 15 is 0 Å². The van der Waals surface area contributed by atoms with Crippen LogP contribution in [0.5, 0.6) is 0 Å². The van der Waals surface area contributed by atoms with Crippen LogP contribution >= 0.6 is 11.3 Å². The molecule has 1 amide bonds. The molecule has 0 unspecified atom stereocenters. The molecule has 0 aliphatic rings. The number of aromatic nitrogens is 1. The number of allylic oxidation sites excluding steroid dienone is 1. The summed E-state index contributed by atoms with van der Waals surface area (Å²) in [6.45, 7) is 5.11. The second-order valence-electron chi connectivity index (χ2n) is 3.31. The summed E-state index contributed by atoms with van der Waals surface area (Å²) in [5.41, 5.74) is 1.29. The van der Waals surface area contributed by atoms with Crippen molar-refractivity contribution in [3.8, 4) is 0 Å². The number of thiazole rings is 1. The molecule has 80 valence electrons. The summed E-state index contributed by atoms with van der Waals surface area (Å²) in [6.07, 6.45) is 1.48. The second-order valence-corrected chi connectivity index (χ2v) is 4.16. The molecule has 0 saturated heterocycles. The van der Waals surface area contributed by atoms with Gasteiger partial charge in [0, 0.05) is 18.4 Å². The van der Waals surface area contributed by atoms with Crippen LogP contribution in [-0.4, -0.2) is 16.7 Å². The zero-order chi connectivity index (χ0) is 11.4. The van der Waals surface area contributed by atoms with E-state index in [1.54, 1.807) is 5.38 Å². The van der Waals surface area contributed by atoms with Gasteiger partial charge >= 0.3 is 0 Å². The van der Waals surface area contributed by atoms with Crippen molar-refractivity contribution < 1.29 is 9.59 Å². The topological polar surface area (TPSA) is 59.1 Å². The van der Waals surface area contributed by atoms with Gasteiger partial charge in [-0.3, -0.25) is 14.9 Å². The molecular weight excluding hydrogens is 212 g/mol. The highest BCUT2D eigenvalue weighted by Gasteiger charge is 2.07. The van der Waals surface area contributed by atoms with Crippen molar-refractivity contribution in [3.63, 3.8) is 0 Å². The van der Waals surface area contributed by atoms with Crippen molar-refractivity contribution in [2.75, 3.05) is 5.32 Å². The molecule has 1 rings (SSSR count). The number of nitrogens with one attached hydrogen (secondary N) is 1. The molecule has 1 aromatic rings. The minimum absolute atomic E-state index is 0.103. The minimum atomic E-state index is -0.223. The molecule has 1 heterocycles. The first-order valence-corrected chi connectivity index (χ1v) is 5.29. The van der Waals surface area contributed by atoms with Gasteiger partial charge in [0.2, 0.25) is 5.91 Å². The summed E-state index contributed by atoms with van der Waals surface area (Å²) in [4.78, 5) is 26.2. The number of nitrogens with zero attached hydrogens (tertiary/aromatic N) is 1. The van der Waals surface area contributed by atoms with Crippen LogP contribution in [0.15, 0.2) is 17.0 Å². The van der Waals surface area contributed by atoms with Gasteiger partial charge < -0.3 is 0 Å². The molecule has 15 heavy (non-hydrogen) atoms. The maximum atomic E-state index is 11.3. The van der Waals surface area contributed by atoms with Gasteiger partial charge in [0.1, 0.15) is 5.69 Å². The fourth-order valence-electron chi connectivity index (χ4n) is 0.897. The maximum Gasteiger partial charge on any atom is 0.250 e. The van der Waals surface area contributed by atoms with Crippen LogP contribution in [0.3, 0.4) is 0 Å². The lowest BCUT2D eigenvalue weighted by atomic mass is 10.3. The van der Waals surface area contributed by atoms with E-state index in [1.165, 1.54) is 24.3 Å². The van der Waals surface area contributed by atoms with Crippen molar-refractivity contribution in [1.29, 1.82) is 0 Å². The average Bonchev–Trinajstić information content (AvgIpc) is 2.50. The van der Waals surface area contributed by atoms with Crippen LogP contribution in [0.1, 0.15) is 31.3 Å². The van der Waals surface area contributed by atoms with Gasteiger partial charge in [-0.1, -0.05) is 5.57 Å². The van der Waals surface area contributed by atoms with Crippen molar-refractivity contribution >= 4 is 28.2 Å². The van der Waals surface area contributed by atoms with Crippen LogP contribution in [0.4, 0.5) is 5.13 Å². The summed E-state index contributed by atoms with van der Waals surface area (Å²) in [5.74, 6) is -0.326. The highest BCUT2D eigenvalue weighted by atomic mass is 32.1. The number of carbonyl (C=O) groups is 2. The Hall–Kier alpha value is -1.49. The summed E-state index contributed by atoms with van der Waals surface area (Å²) < 4.78 is 0. The van der Waals surface area contributed by atoms with Crippen LogP contribution < -0.4 is 5.32 Å². The smallest absolute Gasteiger partial charge is 0.250 e. The number of amides is 1. The van der Waals surface area contributed by atoms with Gasteiger partial charge in [-0.25, -0.2) is 4.98 Å². The highest BCUT2D eigenvalue weighted by Crippen LogP contribution is 2.15. The third kappa shape index (κ3) is 3.63. The van der Waals surface area contributed by atoms with E-state index in [-0.39, 0.29) is 11.7 Å². The zero-order valence-electron chi connectivity index (χ0n) is 8.83. The number of ketones is 1. The first-order chi connectivity index (χ1) is 6.99. The van der Waals surface area contributed by atoms with Crippen LogP contribution in [-0.2, 0) is 4.79 Å². The van der Waals surface area contributed by atoms with Crippen molar-refractivity contribution in [3.05, 3.63) is 22.7 Å². The molecular formula is C10H12N2O2S. The van der Waals surface area contributed by atoms with Gasteiger partial charge in [0.15, 0.2) is 10.9 Å². The molecule has 0 bridgehead atoms. The fraction of sp³-hybridized carbons (Fsp3) is 0.300. The largest absolute Gasteiger partial charge is 0.298 e. The van der Waals surface area contributed by atoms with Gasteiger partial charge in [-0.15, -0.1) is 11.3 Å². The molecule has 0 aromatic carbocycles. The number of hydrogen-bond donors (Lipinski definition) is 1. The van der Waals surface area contributed by atoms with Crippen molar-refractivity contribution in [2.24, 2.45) is 0 Å². The van der Waals surface area contributed by atoms with E-state index in [1.807, 2.05) is 13.8 Å². The number of Topliss-reactive ketones (excluding diaryl/α,β-unsaturated/α-hetero) is 1. The molecule has 0 atom stereocenters. The van der Waals surface area contributed by atoms with E-state index < -0.39 is 0 Å². The van der Waals surface area contributed by atoms with E-state index in [0.717, 1.165) is 5.57 Å². The third-order valence-corrected chi connectivity index (χ3v) is 2.27. The summed E-state index contributed by atoms with van der Waals surface area (Å²) in [7, 11) is 0. The van der Waals surface area contributed by atoms with Gasteiger partial charge in [0.05, 0.1) is 0 Å². The van der Waals surface area contributed by atoms with Crippen LogP contribution in [0.25, 0.3) is 0 Å². The molecule has 1 N–H and O–H groups in total. The Morgan fingerprint density at radius 1 is 1.40 bits per heavy atom. The molecule has 1 aromatic heterocycles. The highest BCUT2D eigenvalue weighted by molar-refractivity contribution is 7.14. The summed E-state index contributed by atoms with van der Waals surface area (Å²) >= 11 is 1.24. The average molecular weight is 224 g/mol. The van der Waals surface area contributed by atoms with E-state index in [9.17, 15) is 9.59 Å². The summed E-state index contributed by atoms with van der Waals surface area (Å²) in [6, 6.07) is 0. The van der Waals surface area contributed by atoms with Crippen LogP contribution in [0.2, 0.25) is 0 Å². The van der Waals surface area contributed by atoms with Gasteiger partial charge in [-0.2, -0.15) is 0 Å². The van der Waals surface area contributed by atoms with Crippen molar-refractivity contribution in [1.82, 2.24) is 4.98 Å². The lowest BCUT2D eigenvalue weighted by molar-refractivity contribution is -0.111. The SMILES string of the molecule is CC(=O)c1csc(NC(=O)C=C(C)C)n1. The number of hydrogen-bond acceptors (Lipinski definition) is 4. The van der Waals surface area contributed by atoms with E-state index in [2.05, 4.69) is 10.3 Å². The Balaban J connectivity index is 2.69. The number of rotatable bonds is 3. The first-order valence-electron chi connectivity index (χ1n) is 4.41. The Kier molecular flexibility index (Phi) is 3.74.